The summed E-state index contributed by atoms with van der Waals surface area (Å²) in [4.78, 5) is 29.7. The Morgan fingerprint density at radius 1 is 1.08 bits per heavy atom. The molecule has 2 heterocycles. The van der Waals surface area contributed by atoms with Gasteiger partial charge in [-0.15, -0.1) is 4.40 Å². The van der Waals surface area contributed by atoms with Gasteiger partial charge >= 0.3 is 0 Å². The van der Waals surface area contributed by atoms with Crippen molar-refractivity contribution in [1.29, 1.82) is 0 Å². The van der Waals surface area contributed by atoms with Crippen molar-refractivity contribution in [2.24, 2.45) is 28.1 Å². The normalized spacial score (nSPS) is 29.2. The number of Topliss-reactive ketones (excluding diaryl/α,β-unsaturated/α-hetero) is 1. The van der Waals surface area contributed by atoms with Crippen LogP contribution < -0.4 is 10.0 Å². The smallest absolute Gasteiger partial charge is 0.286 e. The van der Waals surface area contributed by atoms with Crippen LogP contribution in [0.3, 0.4) is 0 Å². The molecule has 2 N–H and O–H groups in total. The summed E-state index contributed by atoms with van der Waals surface area (Å²) in [5.74, 6) is -2.32. The number of nitrogens with zero attached hydrogens (tertiary/aromatic N) is 2. The lowest BCUT2D eigenvalue weighted by atomic mass is 9.57. The van der Waals surface area contributed by atoms with Crippen molar-refractivity contribution >= 4 is 64.9 Å². The lowest BCUT2D eigenvalue weighted by molar-refractivity contribution is -0.162. The molecule has 206 valence electrons. The van der Waals surface area contributed by atoms with E-state index in [4.69, 9.17) is 0 Å². The molecule has 2 aliphatic heterocycles. The monoisotopic (exact) mass is 634 g/mol. The maximum Gasteiger partial charge on any atom is 0.286 e. The number of carbonyl (C=O) groups is 2. The Kier molecular flexibility index (Phi) is 6.38. The van der Waals surface area contributed by atoms with E-state index in [0.717, 1.165) is 42.0 Å². The maximum absolute atomic E-state index is 14.1. The fraction of sp³-hybridized carbons (Fsp3) is 0.423. The summed E-state index contributed by atoms with van der Waals surface area (Å²) in [5.41, 5.74) is 1.09. The molecular formula is C26H27BrN4O6S2. The summed E-state index contributed by atoms with van der Waals surface area (Å²) in [6, 6.07) is 11.4. The van der Waals surface area contributed by atoms with Crippen molar-refractivity contribution < 1.29 is 26.4 Å². The standard InChI is InChI=1S/C26H27BrN4O6S2/c1-38(34,35)29-17-10-11-19-20(12-17)39(36,37)30-25(28-19)22-24(32)21-14-6-8-15(9-7-14)23(21)31(26(22)33)13-16-4-2-3-5-18(16)27/h2-5,10-12,14-15,21-23,29H,6-9,13H2,1H3,(H,28,30)/t14?,15?,21-,22?,23+/m1/s1. The molecule has 2 aromatic carbocycles. The second-order valence-electron chi connectivity index (χ2n) is 10.7. The average Bonchev–Trinajstić information content (AvgIpc) is 2.87. The molecule has 13 heteroatoms. The number of benzene rings is 2. The van der Waals surface area contributed by atoms with E-state index in [1.54, 1.807) is 4.90 Å². The molecule has 10 nitrogen and oxygen atoms in total. The van der Waals surface area contributed by atoms with Crippen LogP contribution in [0.15, 0.2) is 56.2 Å². The molecule has 5 aliphatic rings. The van der Waals surface area contributed by atoms with Gasteiger partial charge in [-0.05, 0) is 67.3 Å². The van der Waals surface area contributed by atoms with Crippen LogP contribution in [0.2, 0.25) is 0 Å². The molecule has 1 unspecified atom stereocenters. The van der Waals surface area contributed by atoms with Crippen LogP contribution in [0.1, 0.15) is 31.2 Å². The zero-order valence-electron chi connectivity index (χ0n) is 21.0. The molecule has 1 amide bonds. The molecule has 2 bridgehead atoms. The van der Waals surface area contributed by atoms with Gasteiger partial charge in [-0.3, -0.25) is 14.3 Å². The van der Waals surface area contributed by atoms with Crippen LogP contribution in [0, 0.1) is 23.7 Å². The first-order chi connectivity index (χ1) is 18.4. The lowest BCUT2D eigenvalue weighted by Gasteiger charge is -2.55. The van der Waals surface area contributed by atoms with Crippen LogP contribution in [0.5, 0.6) is 0 Å². The highest BCUT2D eigenvalue weighted by atomic mass is 79.9. The summed E-state index contributed by atoms with van der Waals surface area (Å²) in [6.45, 7) is 0.297. The number of rotatable bonds is 5. The predicted molar refractivity (Wildman–Crippen MR) is 149 cm³/mol. The zero-order chi connectivity index (χ0) is 27.7. The number of ketones is 1. The van der Waals surface area contributed by atoms with Gasteiger partial charge in [0.15, 0.2) is 11.7 Å². The minimum atomic E-state index is -4.33. The van der Waals surface area contributed by atoms with Gasteiger partial charge in [-0.25, -0.2) is 8.42 Å². The van der Waals surface area contributed by atoms with Gasteiger partial charge in [-0.1, -0.05) is 34.1 Å². The van der Waals surface area contributed by atoms with Crippen molar-refractivity contribution in [3.05, 3.63) is 52.5 Å². The number of nitrogens with one attached hydrogen (secondary N) is 2. The molecule has 0 aromatic heterocycles. The number of amides is 1. The molecule has 1 saturated heterocycles. The van der Waals surface area contributed by atoms with Gasteiger partial charge in [0.2, 0.25) is 15.9 Å². The molecule has 7 rings (SSSR count). The van der Waals surface area contributed by atoms with E-state index in [1.165, 1.54) is 18.2 Å². The number of carbonyl (C=O) groups excluding carboxylic acids is 2. The van der Waals surface area contributed by atoms with E-state index in [-0.39, 0.29) is 51.7 Å². The van der Waals surface area contributed by atoms with E-state index >= 15 is 0 Å². The van der Waals surface area contributed by atoms with Gasteiger partial charge in [-0.2, -0.15) is 8.42 Å². The quantitative estimate of drug-likeness (QED) is 0.480. The highest BCUT2D eigenvalue weighted by Crippen LogP contribution is 2.51. The first-order valence-electron chi connectivity index (χ1n) is 12.7. The van der Waals surface area contributed by atoms with Crippen molar-refractivity contribution in [1.82, 2.24) is 4.90 Å². The van der Waals surface area contributed by atoms with Gasteiger partial charge < -0.3 is 10.2 Å². The minimum absolute atomic E-state index is 0.0609. The number of likely N-dealkylation sites (tertiary alicyclic amines) is 1. The first-order valence-corrected chi connectivity index (χ1v) is 16.9. The number of fused-ring (bicyclic) bond motifs is 3. The Bertz CT molecular complexity index is 1630. The minimum Gasteiger partial charge on any atom is -0.341 e. The number of hydrogen-bond acceptors (Lipinski definition) is 7. The Balaban J connectivity index is 1.40. The molecule has 3 atom stereocenters. The Labute approximate surface area is 235 Å². The zero-order valence-corrected chi connectivity index (χ0v) is 24.2. The number of halogens is 1. The Hall–Kier alpha value is -2.77. The van der Waals surface area contributed by atoms with Crippen LogP contribution >= 0.6 is 15.9 Å². The Morgan fingerprint density at radius 3 is 2.46 bits per heavy atom. The number of amidine groups is 1. The fourth-order valence-corrected chi connectivity index (χ4v) is 8.87. The van der Waals surface area contributed by atoms with E-state index in [0.29, 0.717) is 6.54 Å². The van der Waals surface area contributed by atoms with E-state index in [9.17, 15) is 26.4 Å². The van der Waals surface area contributed by atoms with Gasteiger partial charge in [0.1, 0.15) is 10.7 Å². The van der Waals surface area contributed by atoms with Gasteiger partial charge in [0, 0.05) is 28.7 Å². The second kappa shape index (κ2) is 9.41. The van der Waals surface area contributed by atoms with Crippen molar-refractivity contribution in [2.45, 2.75) is 43.2 Å². The maximum atomic E-state index is 14.1. The van der Waals surface area contributed by atoms with Gasteiger partial charge in [0.05, 0.1) is 11.9 Å². The van der Waals surface area contributed by atoms with Crippen molar-refractivity contribution in [3.63, 3.8) is 0 Å². The van der Waals surface area contributed by atoms with Crippen LogP contribution in [0.25, 0.3) is 0 Å². The number of anilines is 2. The van der Waals surface area contributed by atoms with Gasteiger partial charge in [0.25, 0.3) is 10.0 Å². The summed E-state index contributed by atoms with van der Waals surface area (Å²) in [7, 11) is -7.96. The number of sulfonamides is 2. The molecule has 39 heavy (non-hydrogen) atoms. The number of piperidine rings is 1. The summed E-state index contributed by atoms with van der Waals surface area (Å²) < 4.78 is 56.7. The van der Waals surface area contributed by atoms with Crippen molar-refractivity contribution in [2.75, 3.05) is 16.3 Å². The van der Waals surface area contributed by atoms with E-state index in [1.807, 2.05) is 24.3 Å². The third-order valence-electron chi connectivity index (χ3n) is 8.29. The predicted octanol–water partition coefficient (Wildman–Crippen LogP) is 3.37. The SMILES string of the molecule is CS(=O)(=O)Nc1ccc2c(c1)S(=O)(=O)N=C(C1C(=O)[C@@H]3C4CCC(CC4)[C@@H]3N(Cc3ccccc3Br)C1=O)N2. The molecule has 2 aromatic rings. The molecular weight excluding hydrogens is 608 g/mol. The third-order valence-corrected chi connectivity index (χ3v) is 11.0. The van der Waals surface area contributed by atoms with Crippen LogP contribution in [-0.2, 0) is 36.2 Å². The molecule has 4 fully saturated rings. The lowest BCUT2D eigenvalue weighted by Crippen LogP contribution is -2.66. The Morgan fingerprint density at radius 2 is 1.77 bits per heavy atom. The molecule has 3 saturated carbocycles. The van der Waals surface area contributed by atoms with E-state index < -0.39 is 31.9 Å². The van der Waals surface area contributed by atoms with Crippen LogP contribution in [-0.4, -0.2) is 51.6 Å². The summed E-state index contributed by atoms with van der Waals surface area (Å²) >= 11 is 3.57. The number of hydrogen-bond donors (Lipinski definition) is 2. The molecule has 3 aliphatic carbocycles. The average molecular weight is 636 g/mol. The molecule has 0 radical (unpaired) electrons. The second-order valence-corrected chi connectivity index (χ2v) is 14.9. The van der Waals surface area contributed by atoms with E-state index in [2.05, 4.69) is 30.4 Å². The highest BCUT2D eigenvalue weighted by molar-refractivity contribution is 9.10. The summed E-state index contributed by atoms with van der Waals surface area (Å²) in [6.07, 6.45) is 4.72. The summed E-state index contributed by atoms with van der Waals surface area (Å²) in [5, 5.41) is 2.92. The van der Waals surface area contributed by atoms with Crippen LogP contribution in [0.4, 0.5) is 11.4 Å². The largest absolute Gasteiger partial charge is 0.341 e. The fourth-order valence-electron chi connectivity index (χ4n) is 6.72. The molecule has 0 spiro atoms. The topological polar surface area (TPSA) is 142 Å². The first kappa shape index (κ1) is 26.5. The van der Waals surface area contributed by atoms with Crippen molar-refractivity contribution in [3.8, 4) is 0 Å². The highest BCUT2D eigenvalue weighted by Gasteiger charge is 2.58. The third kappa shape index (κ3) is 4.67.